The monoisotopic (exact) mass is 262 g/mol. The summed E-state index contributed by atoms with van der Waals surface area (Å²) in [6.45, 7) is 4.26. The van der Waals surface area contributed by atoms with Crippen LogP contribution in [0.5, 0.6) is 0 Å². The van der Waals surface area contributed by atoms with Crippen molar-refractivity contribution in [3.63, 3.8) is 0 Å². The summed E-state index contributed by atoms with van der Waals surface area (Å²) < 4.78 is 19.5. The van der Waals surface area contributed by atoms with Crippen molar-refractivity contribution < 1.29 is 8.81 Å². The molecule has 0 aliphatic carbocycles. The molecule has 0 fully saturated rings. The SMILES string of the molecule is Cc1ccc(CN(C)c2ccc([C@H](C)N)cc2F)o1. The molecule has 102 valence electrons. The molecule has 1 atom stereocenters. The van der Waals surface area contributed by atoms with Gasteiger partial charge in [0.25, 0.3) is 0 Å². The Kier molecular flexibility index (Phi) is 3.90. The van der Waals surface area contributed by atoms with Gasteiger partial charge in [-0.25, -0.2) is 4.39 Å². The Balaban J connectivity index is 2.17. The van der Waals surface area contributed by atoms with Gasteiger partial charge in [0.1, 0.15) is 17.3 Å². The zero-order chi connectivity index (χ0) is 14.0. The first kappa shape index (κ1) is 13.6. The zero-order valence-corrected chi connectivity index (χ0v) is 11.5. The van der Waals surface area contributed by atoms with E-state index in [2.05, 4.69) is 0 Å². The van der Waals surface area contributed by atoms with Crippen LogP contribution in [-0.2, 0) is 6.54 Å². The van der Waals surface area contributed by atoms with Crippen molar-refractivity contribution >= 4 is 5.69 Å². The summed E-state index contributed by atoms with van der Waals surface area (Å²) in [4.78, 5) is 1.82. The summed E-state index contributed by atoms with van der Waals surface area (Å²) in [6, 6.07) is 8.74. The number of benzene rings is 1. The average molecular weight is 262 g/mol. The maximum atomic E-state index is 14.0. The highest BCUT2D eigenvalue weighted by molar-refractivity contribution is 5.49. The van der Waals surface area contributed by atoms with Gasteiger partial charge in [-0.1, -0.05) is 6.07 Å². The van der Waals surface area contributed by atoms with E-state index in [4.69, 9.17) is 10.2 Å². The second-order valence-corrected chi connectivity index (χ2v) is 4.87. The van der Waals surface area contributed by atoms with E-state index in [1.165, 1.54) is 6.07 Å². The van der Waals surface area contributed by atoms with E-state index in [1.807, 2.05) is 44.0 Å². The lowest BCUT2D eigenvalue weighted by Gasteiger charge is -2.19. The lowest BCUT2D eigenvalue weighted by molar-refractivity contribution is 0.480. The van der Waals surface area contributed by atoms with Gasteiger partial charge < -0.3 is 15.1 Å². The Morgan fingerprint density at radius 2 is 2.05 bits per heavy atom. The molecule has 0 amide bonds. The highest BCUT2D eigenvalue weighted by Crippen LogP contribution is 2.23. The predicted octanol–water partition coefficient (Wildman–Crippen LogP) is 3.38. The Morgan fingerprint density at radius 1 is 1.32 bits per heavy atom. The van der Waals surface area contributed by atoms with E-state index < -0.39 is 0 Å². The van der Waals surface area contributed by atoms with Crippen molar-refractivity contribution in [3.05, 3.63) is 53.2 Å². The fourth-order valence-corrected chi connectivity index (χ4v) is 2.00. The van der Waals surface area contributed by atoms with Gasteiger partial charge in [0.2, 0.25) is 0 Å². The largest absolute Gasteiger partial charge is 0.464 e. The molecule has 2 rings (SSSR count). The second-order valence-electron chi connectivity index (χ2n) is 4.87. The fourth-order valence-electron chi connectivity index (χ4n) is 2.00. The van der Waals surface area contributed by atoms with E-state index in [1.54, 1.807) is 6.07 Å². The number of furan rings is 1. The lowest BCUT2D eigenvalue weighted by atomic mass is 10.1. The average Bonchev–Trinajstić information content (AvgIpc) is 2.74. The lowest BCUT2D eigenvalue weighted by Crippen LogP contribution is -2.17. The third kappa shape index (κ3) is 3.15. The molecule has 2 aromatic rings. The molecule has 0 saturated carbocycles. The first-order chi connectivity index (χ1) is 8.97. The second kappa shape index (κ2) is 5.45. The maximum absolute atomic E-state index is 14.0. The molecule has 0 aliphatic rings. The van der Waals surface area contributed by atoms with Crippen LogP contribution in [0.3, 0.4) is 0 Å². The quantitative estimate of drug-likeness (QED) is 0.918. The van der Waals surface area contributed by atoms with Crippen LogP contribution in [-0.4, -0.2) is 7.05 Å². The summed E-state index contributed by atoms with van der Waals surface area (Å²) >= 11 is 0. The molecule has 0 aliphatic heterocycles. The summed E-state index contributed by atoms with van der Waals surface area (Å²) in [6.07, 6.45) is 0. The number of anilines is 1. The first-order valence-corrected chi connectivity index (χ1v) is 6.29. The van der Waals surface area contributed by atoms with Crippen LogP contribution >= 0.6 is 0 Å². The van der Waals surface area contributed by atoms with Crippen LogP contribution in [0.1, 0.15) is 30.0 Å². The number of hydrogen-bond donors (Lipinski definition) is 1. The van der Waals surface area contributed by atoms with Crippen LogP contribution in [0.25, 0.3) is 0 Å². The van der Waals surface area contributed by atoms with Crippen LogP contribution in [0.15, 0.2) is 34.7 Å². The van der Waals surface area contributed by atoms with Gasteiger partial charge in [-0.3, -0.25) is 0 Å². The highest BCUT2D eigenvalue weighted by Gasteiger charge is 2.11. The zero-order valence-electron chi connectivity index (χ0n) is 11.5. The molecule has 0 bridgehead atoms. The normalized spacial score (nSPS) is 12.5. The smallest absolute Gasteiger partial charge is 0.146 e. The summed E-state index contributed by atoms with van der Waals surface area (Å²) in [5.74, 6) is 1.41. The Labute approximate surface area is 112 Å². The molecule has 1 aromatic carbocycles. The van der Waals surface area contributed by atoms with E-state index in [0.29, 0.717) is 12.2 Å². The minimum Gasteiger partial charge on any atom is -0.464 e. The van der Waals surface area contributed by atoms with Crippen molar-refractivity contribution in [1.82, 2.24) is 0 Å². The Morgan fingerprint density at radius 3 is 2.58 bits per heavy atom. The fraction of sp³-hybridized carbons (Fsp3) is 0.333. The molecular weight excluding hydrogens is 243 g/mol. The Hall–Kier alpha value is -1.81. The van der Waals surface area contributed by atoms with E-state index >= 15 is 0 Å². The van der Waals surface area contributed by atoms with Gasteiger partial charge in [-0.2, -0.15) is 0 Å². The van der Waals surface area contributed by atoms with Crippen molar-refractivity contribution in [1.29, 1.82) is 0 Å². The molecule has 0 unspecified atom stereocenters. The minimum absolute atomic E-state index is 0.165. The molecule has 4 heteroatoms. The molecule has 1 aromatic heterocycles. The minimum atomic E-state index is -0.263. The number of aryl methyl sites for hydroxylation is 1. The van der Waals surface area contributed by atoms with Gasteiger partial charge >= 0.3 is 0 Å². The molecular formula is C15H19FN2O. The van der Waals surface area contributed by atoms with E-state index in [-0.39, 0.29) is 11.9 Å². The van der Waals surface area contributed by atoms with Gasteiger partial charge in [0.15, 0.2) is 0 Å². The number of halogens is 1. The number of nitrogens with zero attached hydrogens (tertiary/aromatic N) is 1. The van der Waals surface area contributed by atoms with Crippen molar-refractivity contribution in [2.75, 3.05) is 11.9 Å². The van der Waals surface area contributed by atoms with E-state index in [9.17, 15) is 4.39 Å². The highest BCUT2D eigenvalue weighted by atomic mass is 19.1. The molecule has 2 N–H and O–H groups in total. The number of rotatable bonds is 4. The van der Waals surface area contributed by atoms with Crippen molar-refractivity contribution in [2.24, 2.45) is 5.73 Å². The van der Waals surface area contributed by atoms with Crippen molar-refractivity contribution in [3.8, 4) is 0 Å². The number of nitrogens with two attached hydrogens (primary N) is 1. The van der Waals surface area contributed by atoms with Gasteiger partial charge in [0.05, 0.1) is 12.2 Å². The summed E-state index contributed by atoms with van der Waals surface area (Å²) in [5.41, 5.74) is 7.07. The van der Waals surface area contributed by atoms with Crippen LogP contribution in [0.2, 0.25) is 0 Å². The van der Waals surface area contributed by atoms with E-state index in [0.717, 1.165) is 17.1 Å². The standard InChI is InChI=1S/C15H19FN2O/c1-10-4-6-13(19-10)9-18(3)15-7-5-12(11(2)17)8-14(15)16/h4-8,11H,9,17H2,1-3H3/t11-/m0/s1. The molecule has 19 heavy (non-hydrogen) atoms. The molecule has 0 spiro atoms. The summed E-state index contributed by atoms with van der Waals surface area (Å²) in [7, 11) is 1.84. The molecule has 3 nitrogen and oxygen atoms in total. The van der Waals surface area contributed by atoms with Gasteiger partial charge in [-0.05, 0) is 43.7 Å². The molecule has 0 radical (unpaired) electrons. The van der Waals surface area contributed by atoms with Crippen LogP contribution in [0, 0.1) is 12.7 Å². The first-order valence-electron chi connectivity index (χ1n) is 6.29. The van der Waals surface area contributed by atoms with Crippen molar-refractivity contribution in [2.45, 2.75) is 26.4 Å². The van der Waals surface area contributed by atoms with Crippen LogP contribution < -0.4 is 10.6 Å². The third-order valence-electron chi connectivity index (χ3n) is 3.10. The van der Waals surface area contributed by atoms with Crippen LogP contribution in [0.4, 0.5) is 10.1 Å². The molecule has 0 saturated heterocycles. The predicted molar refractivity (Wildman–Crippen MR) is 74.6 cm³/mol. The topological polar surface area (TPSA) is 42.4 Å². The van der Waals surface area contributed by atoms with Gasteiger partial charge in [-0.15, -0.1) is 0 Å². The molecule has 1 heterocycles. The Bertz CT molecular complexity index is 563. The third-order valence-corrected chi connectivity index (χ3v) is 3.10. The summed E-state index contributed by atoms with van der Waals surface area (Å²) in [5, 5.41) is 0. The number of hydrogen-bond acceptors (Lipinski definition) is 3. The maximum Gasteiger partial charge on any atom is 0.146 e. The van der Waals surface area contributed by atoms with Gasteiger partial charge in [0, 0.05) is 13.1 Å².